The Hall–Kier alpha value is -1.66. The third-order valence-electron chi connectivity index (χ3n) is 3.48. The molecule has 23 heavy (non-hydrogen) atoms. The van der Waals surface area contributed by atoms with Gasteiger partial charge in [0.1, 0.15) is 0 Å². The van der Waals surface area contributed by atoms with E-state index < -0.39 is 8.07 Å². The second-order valence-corrected chi connectivity index (χ2v) is 13.2. The fourth-order valence-corrected chi connectivity index (χ4v) is 3.55. The smallest absolute Gasteiger partial charge is 0.407 e. The van der Waals surface area contributed by atoms with Gasteiger partial charge in [0.2, 0.25) is 0 Å². The molecule has 0 saturated carbocycles. The van der Waals surface area contributed by atoms with E-state index in [2.05, 4.69) is 42.1 Å². The predicted molar refractivity (Wildman–Crippen MR) is 98.6 cm³/mol. The Morgan fingerprint density at radius 2 is 1.96 bits per heavy atom. The number of benzene rings is 1. The van der Waals surface area contributed by atoms with Gasteiger partial charge >= 0.3 is 6.09 Å². The molecule has 0 radical (unpaired) electrons. The minimum absolute atomic E-state index is 0.342. The van der Waals surface area contributed by atoms with Crippen LogP contribution in [-0.4, -0.2) is 25.8 Å². The monoisotopic (exact) mass is 348 g/mol. The topological polar surface area (TPSA) is 51.2 Å². The molecular weight excluding hydrogens is 324 g/mol. The number of nitrogens with zero attached hydrogens (tertiary/aromatic N) is 1. The highest BCUT2D eigenvalue weighted by molar-refractivity contribution is 7.13. The third kappa shape index (κ3) is 5.80. The molecule has 1 N–H and O–H groups in total. The van der Waals surface area contributed by atoms with Crippen LogP contribution in [0.25, 0.3) is 10.4 Å². The minimum atomic E-state index is -1.16. The summed E-state index contributed by atoms with van der Waals surface area (Å²) in [5, 5.41) is 2.80. The first-order valence-corrected chi connectivity index (χ1v) is 12.3. The lowest BCUT2D eigenvalue weighted by Crippen LogP contribution is -2.27. The Morgan fingerprint density at radius 3 is 2.52 bits per heavy atom. The van der Waals surface area contributed by atoms with Crippen molar-refractivity contribution in [3.63, 3.8) is 0 Å². The number of carbonyl (C=O) groups excluding carboxylic acids is 1. The number of carbonyl (C=O) groups is 1. The van der Waals surface area contributed by atoms with Crippen LogP contribution in [-0.2, 0) is 11.3 Å². The molecule has 0 aliphatic carbocycles. The van der Waals surface area contributed by atoms with Crippen LogP contribution in [0.5, 0.6) is 0 Å². The van der Waals surface area contributed by atoms with Crippen LogP contribution < -0.4 is 5.32 Å². The van der Waals surface area contributed by atoms with Gasteiger partial charge in [-0.05, 0) is 24.1 Å². The van der Waals surface area contributed by atoms with Gasteiger partial charge in [0, 0.05) is 14.6 Å². The number of rotatable bonds is 6. The molecule has 0 spiro atoms. The summed E-state index contributed by atoms with van der Waals surface area (Å²) in [5.74, 6) is 0. The van der Waals surface area contributed by atoms with Crippen LogP contribution in [0.2, 0.25) is 25.7 Å². The van der Waals surface area contributed by atoms with E-state index in [1.165, 1.54) is 4.88 Å². The highest BCUT2D eigenvalue weighted by Crippen LogP contribution is 2.27. The summed E-state index contributed by atoms with van der Waals surface area (Å²) in [6, 6.07) is 9.17. The maximum absolute atomic E-state index is 11.7. The molecule has 2 aromatic rings. The fourth-order valence-electron chi connectivity index (χ4n) is 2.03. The molecule has 0 atom stereocenters. The van der Waals surface area contributed by atoms with Crippen molar-refractivity contribution < 1.29 is 9.53 Å². The predicted octanol–water partition coefficient (Wildman–Crippen LogP) is 4.68. The lowest BCUT2D eigenvalue weighted by atomic mass is 10.1. The maximum Gasteiger partial charge on any atom is 0.407 e. The molecule has 2 rings (SSSR count). The molecule has 6 heteroatoms. The molecule has 0 unspecified atom stereocenters. The van der Waals surface area contributed by atoms with Crippen molar-refractivity contribution in [2.45, 2.75) is 39.2 Å². The molecule has 1 heterocycles. The Labute approximate surface area is 142 Å². The zero-order valence-electron chi connectivity index (χ0n) is 14.2. The van der Waals surface area contributed by atoms with Gasteiger partial charge in [-0.1, -0.05) is 43.9 Å². The SMILES string of the molecule is Cc1ncsc1-c1ccc(CNC(=O)OCC[Si](C)(C)C)cc1. The zero-order chi connectivity index (χ0) is 16.9. The first-order chi connectivity index (χ1) is 10.8. The van der Waals surface area contributed by atoms with Gasteiger partial charge in [0.15, 0.2) is 0 Å². The summed E-state index contributed by atoms with van der Waals surface area (Å²) in [7, 11) is -1.16. The molecule has 1 aromatic heterocycles. The quantitative estimate of drug-likeness (QED) is 0.771. The Bertz CT molecular complexity index is 647. The summed E-state index contributed by atoms with van der Waals surface area (Å²) < 4.78 is 5.22. The van der Waals surface area contributed by atoms with E-state index in [9.17, 15) is 4.79 Å². The van der Waals surface area contributed by atoms with Gasteiger partial charge in [0.05, 0.1) is 22.7 Å². The average molecular weight is 349 g/mol. The maximum atomic E-state index is 11.7. The van der Waals surface area contributed by atoms with Gasteiger partial charge < -0.3 is 10.1 Å². The van der Waals surface area contributed by atoms with Crippen molar-refractivity contribution in [1.82, 2.24) is 10.3 Å². The van der Waals surface area contributed by atoms with E-state index in [4.69, 9.17) is 4.74 Å². The number of aromatic nitrogens is 1. The van der Waals surface area contributed by atoms with Gasteiger partial charge in [-0.15, -0.1) is 11.3 Å². The van der Waals surface area contributed by atoms with Crippen molar-refractivity contribution in [2.24, 2.45) is 0 Å². The molecule has 0 aliphatic rings. The van der Waals surface area contributed by atoms with Gasteiger partial charge in [-0.25, -0.2) is 9.78 Å². The highest BCUT2D eigenvalue weighted by atomic mass is 32.1. The summed E-state index contributed by atoms with van der Waals surface area (Å²) in [4.78, 5) is 17.1. The number of alkyl carbamates (subject to hydrolysis) is 1. The molecule has 1 amide bonds. The summed E-state index contributed by atoms with van der Waals surface area (Å²) in [6.45, 7) is 9.79. The molecule has 0 bridgehead atoms. The summed E-state index contributed by atoms with van der Waals surface area (Å²) >= 11 is 1.64. The van der Waals surface area contributed by atoms with E-state index in [1.54, 1.807) is 11.3 Å². The van der Waals surface area contributed by atoms with Crippen molar-refractivity contribution in [2.75, 3.05) is 6.61 Å². The number of thiazole rings is 1. The molecule has 0 aliphatic heterocycles. The third-order valence-corrected chi connectivity index (χ3v) is 6.17. The highest BCUT2D eigenvalue weighted by Gasteiger charge is 2.13. The Morgan fingerprint density at radius 1 is 1.26 bits per heavy atom. The van der Waals surface area contributed by atoms with Crippen molar-refractivity contribution in [1.29, 1.82) is 0 Å². The van der Waals surface area contributed by atoms with E-state index in [0.717, 1.165) is 22.9 Å². The molecule has 124 valence electrons. The number of ether oxygens (including phenoxy) is 1. The second kappa shape index (κ2) is 7.74. The van der Waals surface area contributed by atoms with Crippen molar-refractivity contribution in [3.8, 4) is 10.4 Å². The number of hydrogen-bond acceptors (Lipinski definition) is 4. The molecule has 4 nitrogen and oxygen atoms in total. The van der Waals surface area contributed by atoms with E-state index in [0.29, 0.717) is 13.2 Å². The average Bonchev–Trinajstić information content (AvgIpc) is 2.90. The van der Waals surface area contributed by atoms with Crippen LogP contribution in [0.3, 0.4) is 0 Å². The Balaban J connectivity index is 1.80. The minimum Gasteiger partial charge on any atom is -0.450 e. The van der Waals surface area contributed by atoms with Crippen molar-refractivity contribution >= 4 is 25.5 Å². The van der Waals surface area contributed by atoms with Gasteiger partial charge in [0.25, 0.3) is 0 Å². The largest absolute Gasteiger partial charge is 0.450 e. The number of hydrogen-bond donors (Lipinski definition) is 1. The molecule has 1 aromatic carbocycles. The lowest BCUT2D eigenvalue weighted by Gasteiger charge is -2.15. The van der Waals surface area contributed by atoms with E-state index in [-0.39, 0.29) is 6.09 Å². The first kappa shape index (κ1) is 17.7. The fraction of sp³-hybridized carbons (Fsp3) is 0.412. The summed E-state index contributed by atoms with van der Waals surface area (Å²) in [6.07, 6.45) is -0.342. The van der Waals surface area contributed by atoms with Gasteiger partial charge in [-0.2, -0.15) is 0 Å². The number of nitrogens with one attached hydrogen (secondary N) is 1. The second-order valence-electron chi connectivity index (χ2n) is 6.76. The van der Waals surface area contributed by atoms with Crippen LogP contribution in [0.4, 0.5) is 4.79 Å². The lowest BCUT2D eigenvalue weighted by molar-refractivity contribution is 0.151. The van der Waals surface area contributed by atoms with E-state index >= 15 is 0 Å². The van der Waals surface area contributed by atoms with Crippen molar-refractivity contribution in [3.05, 3.63) is 41.0 Å². The molecular formula is C17H24N2O2SSi. The molecule has 0 saturated heterocycles. The normalized spacial score (nSPS) is 11.3. The van der Waals surface area contributed by atoms with Crippen LogP contribution >= 0.6 is 11.3 Å². The first-order valence-electron chi connectivity index (χ1n) is 7.75. The zero-order valence-corrected chi connectivity index (χ0v) is 16.0. The van der Waals surface area contributed by atoms with Crippen LogP contribution in [0.15, 0.2) is 29.8 Å². The van der Waals surface area contributed by atoms with Crippen LogP contribution in [0, 0.1) is 6.92 Å². The standard InChI is InChI=1S/C17H24N2O2SSi/c1-13-16(22-12-19-13)15-7-5-14(6-8-15)11-18-17(20)21-9-10-23(2,3)4/h5-8,12H,9-11H2,1-4H3,(H,18,20). The summed E-state index contributed by atoms with van der Waals surface area (Å²) in [5.41, 5.74) is 5.12. The number of amides is 1. The number of aryl methyl sites for hydroxylation is 1. The molecule has 0 fully saturated rings. The van der Waals surface area contributed by atoms with Gasteiger partial charge in [-0.3, -0.25) is 0 Å². The van der Waals surface area contributed by atoms with E-state index in [1.807, 2.05) is 24.6 Å². The Kier molecular flexibility index (Phi) is 5.95. The van der Waals surface area contributed by atoms with Crippen LogP contribution in [0.1, 0.15) is 11.3 Å².